The second kappa shape index (κ2) is 7.14. The van der Waals surface area contributed by atoms with Crippen LogP contribution in [0.1, 0.15) is 35.7 Å². The molecule has 0 aromatic heterocycles. The molecule has 0 radical (unpaired) electrons. The van der Waals surface area contributed by atoms with E-state index in [2.05, 4.69) is 5.32 Å². The Balaban J connectivity index is 2.66. The molecule has 1 aromatic carbocycles. The molecule has 4 nitrogen and oxygen atoms in total. The maximum absolute atomic E-state index is 11.9. The van der Waals surface area contributed by atoms with Crippen LogP contribution in [0.15, 0.2) is 18.2 Å². The summed E-state index contributed by atoms with van der Waals surface area (Å²) in [6, 6.07) is 5.14. The minimum atomic E-state index is -0.892. The minimum absolute atomic E-state index is 0.117. The van der Waals surface area contributed by atoms with Crippen LogP contribution in [0, 0.1) is 12.8 Å². The zero-order valence-corrected chi connectivity index (χ0v) is 11.8. The van der Waals surface area contributed by atoms with Gasteiger partial charge < -0.3 is 10.4 Å². The first kappa shape index (κ1) is 15.5. The van der Waals surface area contributed by atoms with Gasteiger partial charge in [-0.05, 0) is 31.0 Å². The number of amides is 1. The van der Waals surface area contributed by atoms with Crippen molar-refractivity contribution in [2.75, 3.05) is 6.54 Å². The molecule has 2 N–H and O–H groups in total. The lowest BCUT2D eigenvalue weighted by atomic mass is 10.0. The van der Waals surface area contributed by atoms with Gasteiger partial charge in [0.25, 0.3) is 5.91 Å². The zero-order valence-electron chi connectivity index (χ0n) is 11.1. The average molecular weight is 284 g/mol. The third-order valence-corrected chi connectivity index (χ3v) is 3.18. The molecule has 1 atom stereocenters. The fourth-order valence-electron chi connectivity index (χ4n) is 1.78. The quantitative estimate of drug-likeness (QED) is 0.843. The third-order valence-electron chi connectivity index (χ3n) is 2.86. The van der Waals surface area contributed by atoms with Gasteiger partial charge in [0.2, 0.25) is 0 Å². The van der Waals surface area contributed by atoms with Gasteiger partial charge in [0, 0.05) is 6.54 Å². The van der Waals surface area contributed by atoms with Crippen molar-refractivity contribution in [2.45, 2.75) is 26.7 Å². The molecule has 0 heterocycles. The van der Waals surface area contributed by atoms with Gasteiger partial charge in [0.15, 0.2) is 0 Å². The summed E-state index contributed by atoms with van der Waals surface area (Å²) in [6.07, 6.45) is 1.30. The van der Waals surface area contributed by atoms with Crippen molar-refractivity contribution in [3.63, 3.8) is 0 Å². The average Bonchev–Trinajstić information content (AvgIpc) is 2.33. The number of hydrogen-bond acceptors (Lipinski definition) is 2. The highest BCUT2D eigenvalue weighted by molar-refractivity contribution is 6.33. The Hall–Kier alpha value is -1.55. The Kier molecular flexibility index (Phi) is 5.83. The Labute approximate surface area is 117 Å². The van der Waals surface area contributed by atoms with E-state index in [4.69, 9.17) is 16.7 Å². The second-order valence-electron chi connectivity index (χ2n) is 4.52. The van der Waals surface area contributed by atoms with Gasteiger partial charge in [-0.3, -0.25) is 9.59 Å². The Morgan fingerprint density at radius 1 is 1.42 bits per heavy atom. The van der Waals surface area contributed by atoms with Crippen LogP contribution < -0.4 is 5.32 Å². The molecule has 1 amide bonds. The number of aliphatic carboxylic acids is 1. The summed E-state index contributed by atoms with van der Waals surface area (Å²) in [5.41, 5.74) is 1.34. The molecular formula is C14H18ClNO3. The van der Waals surface area contributed by atoms with Crippen LogP contribution in [-0.2, 0) is 4.79 Å². The highest BCUT2D eigenvalue weighted by Crippen LogP contribution is 2.17. The molecule has 0 aliphatic carbocycles. The fourth-order valence-corrected chi connectivity index (χ4v) is 2.10. The van der Waals surface area contributed by atoms with E-state index >= 15 is 0 Å². The van der Waals surface area contributed by atoms with Crippen LogP contribution in [0.5, 0.6) is 0 Å². The van der Waals surface area contributed by atoms with Crippen molar-refractivity contribution in [3.8, 4) is 0 Å². The van der Waals surface area contributed by atoms with Crippen molar-refractivity contribution < 1.29 is 14.7 Å². The van der Waals surface area contributed by atoms with Crippen LogP contribution >= 0.6 is 11.6 Å². The summed E-state index contributed by atoms with van der Waals surface area (Å²) in [5, 5.41) is 12.0. The maximum Gasteiger partial charge on any atom is 0.308 e. The van der Waals surface area contributed by atoms with E-state index in [0.717, 1.165) is 12.0 Å². The first-order chi connectivity index (χ1) is 8.95. The predicted octanol–water partition coefficient (Wildman–Crippen LogP) is 2.88. The summed E-state index contributed by atoms with van der Waals surface area (Å²) in [4.78, 5) is 22.9. The lowest BCUT2D eigenvalue weighted by Crippen LogP contribution is -2.33. The van der Waals surface area contributed by atoms with Gasteiger partial charge in [-0.15, -0.1) is 0 Å². The number of carbonyl (C=O) groups excluding carboxylic acids is 1. The molecule has 0 fully saturated rings. The van der Waals surface area contributed by atoms with E-state index in [-0.39, 0.29) is 12.5 Å². The molecule has 19 heavy (non-hydrogen) atoms. The van der Waals surface area contributed by atoms with E-state index in [9.17, 15) is 9.59 Å². The van der Waals surface area contributed by atoms with E-state index < -0.39 is 11.9 Å². The van der Waals surface area contributed by atoms with E-state index in [1.807, 2.05) is 13.8 Å². The Morgan fingerprint density at radius 2 is 2.11 bits per heavy atom. The summed E-state index contributed by atoms with van der Waals surface area (Å²) in [5.74, 6) is -1.79. The SMILES string of the molecule is CCCC(CNC(=O)c1ccc(C)cc1Cl)C(=O)O. The highest BCUT2D eigenvalue weighted by atomic mass is 35.5. The highest BCUT2D eigenvalue weighted by Gasteiger charge is 2.18. The number of hydrogen-bond donors (Lipinski definition) is 2. The molecule has 0 saturated heterocycles. The van der Waals surface area contributed by atoms with Crippen molar-refractivity contribution >= 4 is 23.5 Å². The summed E-state index contributed by atoms with van der Waals surface area (Å²) >= 11 is 5.99. The van der Waals surface area contributed by atoms with E-state index in [0.29, 0.717) is 17.0 Å². The molecule has 0 aliphatic rings. The summed E-state index contributed by atoms with van der Waals surface area (Å²) in [6.45, 7) is 3.91. The van der Waals surface area contributed by atoms with E-state index in [1.54, 1.807) is 18.2 Å². The molecule has 5 heteroatoms. The van der Waals surface area contributed by atoms with Crippen LogP contribution in [0.3, 0.4) is 0 Å². The normalized spacial score (nSPS) is 11.9. The molecule has 0 bridgehead atoms. The summed E-state index contributed by atoms with van der Waals surface area (Å²) in [7, 11) is 0. The van der Waals surface area contributed by atoms with Crippen molar-refractivity contribution in [3.05, 3.63) is 34.3 Å². The molecule has 104 valence electrons. The van der Waals surface area contributed by atoms with Gasteiger partial charge in [-0.2, -0.15) is 0 Å². The molecule has 0 spiro atoms. The standard InChI is InChI=1S/C14H18ClNO3/c1-3-4-10(14(18)19)8-16-13(17)11-6-5-9(2)7-12(11)15/h5-7,10H,3-4,8H2,1-2H3,(H,16,17)(H,18,19). The lowest BCUT2D eigenvalue weighted by Gasteiger charge is -2.13. The number of nitrogens with one attached hydrogen (secondary N) is 1. The van der Waals surface area contributed by atoms with Gasteiger partial charge in [0.1, 0.15) is 0 Å². The van der Waals surface area contributed by atoms with E-state index in [1.165, 1.54) is 0 Å². The number of halogens is 1. The van der Waals surface area contributed by atoms with Gasteiger partial charge in [0.05, 0.1) is 16.5 Å². The van der Waals surface area contributed by atoms with Crippen LogP contribution in [0.25, 0.3) is 0 Å². The molecule has 0 aliphatic heterocycles. The van der Waals surface area contributed by atoms with Crippen molar-refractivity contribution in [2.24, 2.45) is 5.92 Å². The van der Waals surface area contributed by atoms with Crippen molar-refractivity contribution in [1.82, 2.24) is 5.32 Å². The number of carboxylic acids is 1. The minimum Gasteiger partial charge on any atom is -0.481 e. The first-order valence-electron chi connectivity index (χ1n) is 6.22. The number of rotatable bonds is 6. The Bertz CT molecular complexity index is 474. The van der Waals surface area contributed by atoms with Gasteiger partial charge in [-0.1, -0.05) is 31.0 Å². The van der Waals surface area contributed by atoms with Crippen LogP contribution in [0.4, 0.5) is 0 Å². The van der Waals surface area contributed by atoms with Crippen molar-refractivity contribution in [1.29, 1.82) is 0 Å². The van der Waals surface area contributed by atoms with Gasteiger partial charge in [-0.25, -0.2) is 0 Å². The first-order valence-corrected chi connectivity index (χ1v) is 6.60. The largest absolute Gasteiger partial charge is 0.481 e. The zero-order chi connectivity index (χ0) is 14.4. The fraction of sp³-hybridized carbons (Fsp3) is 0.429. The predicted molar refractivity (Wildman–Crippen MR) is 74.6 cm³/mol. The molecule has 1 rings (SSSR count). The number of benzene rings is 1. The Morgan fingerprint density at radius 3 is 2.63 bits per heavy atom. The number of aryl methyl sites for hydroxylation is 1. The van der Waals surface area contributed by atoms with Crippen LogP contribution in [0.2, 0.25) is 5.02 Å². The maximum atomic E-state index is 11.9. The number of carboxylic acid groups (broad SMARTS) is 1. The van der Waals surface area contributed by atoms with Crippen LogP contribution in [-0.4, -0.2) is 23.5 Å². The second-order valence-corrected chi connectivity index (χ2v) is 4.92. The van der Waals surface area contributed by atoms with Gasteiger partial charge >= 0.3 is 5.97 Å². The smallest absolute Gasteiger partial charge is 0.308 e. The lowest BCUT2D eigenvalue weighted by molar-refractivity contribution is -0.141. The number of carbonyl (C=O) groups is 2. The third kappa shape index (κ3) is 4.56. The topological polar surface area (TPSA) is 66.4 Å². The molecule has 1 aromatic rings. The molecular weight excluding hydrogens is 266 g/mol. The monoisotopic (exact) mass is 283 g/mol. The summed E-state index contributed by atoms with van der Waals surface area (Å²) < 4.78 is 0. The molecule has 0 saturated carbocycles. The molecule has 1 unspecified atom stereocenters.